The summed E-state index contributed by atoms with van der Waals surface area (Å²) in [5, 5.41) is 0. The largest absolute Gasteiger partial charge is 0.491 e. The van der Waals surface area contributed by atoms with E-state index in [9.17, 15) is 17.6 Å². The molecule has 0 bridgehead atoms. The van der Waals surface area contributed by atoms with E-state index in [2.05, 4.69) is 0 Å². The van der Waals surface area contributed by atoms with Crippen molar-refractivity contribution in [2.45, 2.75) is 96.2 Å². The molecule has 1 saturated carbocycles. The highest BCUT2D eigenvalue weighted by Gasteiger charge is 2.28. The summed E-state index contributed by atoms with van der Waals surface area (Å²) in [7, 11) is 0. The second kappa shape index (κ2) is 15.4. The van der Waals surface area contributed by atoms with E-state index in [0.717, 1.165) is 0 Å². The molecule has 3 aromatic rings. The molecule has 2 aliphatic carbocycles. The van der Waals surface area contributed by atoms with Crippen molar-refractivity contribution in [1.29, 1.82) is 0 Å². The first-order valence-electron chi connectivity index (χ1n) is 16.2. The fourth-order valence-corrected chi connectivity index (χ4v) is 6.71. The van der Waals surface area contributed by atoms with Crippen molar-refractivity contribution < 1.29 is 35.8 Å². The zero-order valence-corrected chi connectivity index (χ0v) is 26.3. The molecule has 2 aliphatic rings. The van der Waals surface area contributed by atoms with E-state index in [-0.39, 0.29) is 53.6 Å². The van der Waals surface area contributed by atoms with Crippen molar-refractivity contribution in [3.63, 3.8) is 0 Å². The Morgan fingerprint density at radius 2 is 1.39 bits per heavy atom. The van der Waals surface area contributed by atoms with E-state index in [0.29, 0.717) is 74.5 Å². The lowest BCUT2D eigenvalue weighted by Crippen LogP contribution is -2.22. The van der Waals surface area contributed by atoms with Crippen molar-refractivity contribution in [3.05, 3.63) is 117 Å². The monoisotopic (exact) mass is 642 g/mol. The van der Waals surface area contributed by atoms with Crippen LogP contribution in [-0.2, 0) is 17.8 Å². The molecule has 3 aromatic carbocycles. The lowest BCUT2D eigenvalue weighted by atomic mass is 9.82. The number of aryl methyl sites for hydroxylation is 1. The highest BCUT2D eigenvalue weighted by Crippen LogP contribution is 2.40. The summed E-state index contributed by atoms with van der Waals surface area (Å²) in [6.07, 6.45) is 10.1. The summed E-state index contributed by atoms with van der Waals surface area (Å²) < 4.78 is 100. The van der Waals surface area contributed by atoms with Crippen molar-refractivity contribution in [3.8, 4) is 5.75 Å². The average molecular weight is 643 g/mol. The van der Waals surface area contributed by atoms with Gasteiger partial charge in [-0.2, -0.15) is 4.39 Å². The molecule has 0 N–H and O–H groups in total. The van der Waals surface area contributed by atoms with Crippen LogP contribution in [-0.4, -0.2) is 12.7 Å². The molecule has 0 spiro atoms. The van der Waals surface area contributed by atoms with Gasteiger partial charge < -0.3 is 9.47 Å². The van der Waals surface area contributed by atoms with Crippen LogP contribution in [0.2, 0.25) is 0 Å². The second-order valence-corrected chi connectivity index (χ2v) is 12.1. The van der Waals surface area contributed by atoms with Crippen LogP contribution in [0.1, 0.15) is 105 Å². The molecule has 1 unspecified atom stereocenters. The zero-order valence-electron chi connectivity index (χ0n) is 26.3. The molecule has 8 heteroatoms. The van der Waals surface area contributed by atoms with Gasteiger partial charge in [0.25, 0.3) is 0 Å². The number of ether oxygens (including phenoxy) is 2. The normalized spacial score (nSPS) is 20.3. The minimum absolute atomic E-state index is 0.0977. The second-order valence-electron chi connectivity index (χ2n) is 12.1. The summed E-state index contributed by atoms with van der Waals surface area (Å²) in [6, 6.07) is 9.37. The third-order valence-corrected chi connectivity index (χ3v) is 9.33. The average Bonchev–Trinajstić information content (AvgIpc) is 3.07. The molecule has 5 rings (SSSR count). The van der Waals surface area contributed by atoms with E-state index in [1.807, 2.05) is 19.1 Å². The summed E-state index contributed by atoms with van der Waals surface area (Å²) in [6.45, 7) is 3.69. The molecule has 0 aromatic heterocycles. The smallest absolute Gasteiger partial charge is 0.201 e. The van der Waals surface area contributed by atoms with Gasteiger partial charge in [0, 0.05) is 11.1 Å². The number of halogens is 6. The van der Waals surface area contributed by atoms with Crippen LogP contribution >= 0.6 is 0 Å². The Kier molecular flexibility index (Phi) is 11.3. The third kappa shape index (κ3) is 7.38. The zero-order chi connectivity index (χ0) is 32.8. The quantitative estimate of drug-likeness (QED) is 0.153. The molecule has 0 amide bonds. The maximum absolute atomic E-state index is 15.2. The highest BCUT2D eigenvalue weighted by atomic mass is 19.2. The number of rotatable bonds is 11. The van der Waals surface area contributed by atoms with Crippen LogP contribution in [0.4, 0.5) is 26.3 Å². The van der Waals surface area contributed by atoms with Crippen molar-refractivity contribution in [2.75, 3.05) is 6.61 Å². The first-order valence-corrected chi connectivity index (χ1v) is 16.2. The Morgan fingerprint density at radius 1 is 0.717 bits per heavy atom. The molecular weight excluding hydrogens is 602 g/mol. The first kappa shape index (κ1) is 33.8. The van der Waals surface area contributed by atoms with Gasteiger partial charge in [-0.3, -0.25) is 0 Å². The van der Waals surface area contributed by atoms with Gasteiger partial charge in [0.15, 0.2) is 34.8 Å². The van der Waals surface area contributed by atoms with Crippen LogP contribution in [0.15, 0.2) is 54.6 Å². The van der Waals surface area contributed by atoms with E-state index < -0.39 is 34.9 Å². The van der Waals surface area contributed by atoms with Crippen LogP contribution in [0.5, 0.6) is 5.75 Å². The van der Waals surface area contributed by atoms with E-state index in [1.165, 1.54) is 18.2 Å². The third-order valence-electron chi connectivity index (χ3n) is 9.33. The van der Waals surface area contributed by atoms with E-state index in [1.54, 1.807) is 31.2 Å². The highest BCUT2D eigenvalue weighted by molar-refractivity contribution is 5.68. The van der Waals surface area contributed by atoms with E-state index >= 15 is 8.78 Å². The Morgan fingerprint density at radius 3 is 2.04 bits per heavy atom. The van der Waals surface area contributed by atoms with Gasteiger partial charge in [0.05, 0.1) is 19.3 Å². The van der Waals surface area contributed by atoms with Crippen LogP contribution in [0.3, 0.4) is 0 Å². The van der Waals surface area contributed by atoms with Gasteiger partial charge in [-0.15, -0.1) is 0 Å². The fourth-order valence-electron chi connectivity index (χ4n) is 6.71. The maximum Gasteiger partial charge on any atom is 0.201 e. The maximum atomic E-state index is 15.2. The lowest BCUT2D eigenvalue weighted by molar-refractivity contribution is 0.0116. The topological polar surface area (TPSA) is 18.5 Å². The number of hydrogen-bond acceptors (Lipinski definition) is 2. The molecule has 1 atom stereocenters. The Balaban J connectivity index is 1.16. The van der Waals surface area contributed by atoms with E-state index in [4.69, 9.17) is 9.47 Å². The Hall–Kier alpha value is -3.52. The standard InChI is InChI=1S/C38H40F6O2/c1-3-5-6-7-26-14-18-29(35(41)33(26)39)25-12-16-28(17-13-25)46-22-27-15-19-30(36(42)34(27)40)23-8-10-24(11-9-23)31-20-21-32(45-4-2)38(44)37(31)43/h3,5,10,14-15,18-21,23,25,28H,4,6-9,11-13,16-17,22H2,1-2H3. The minimum Gasteiger partial charge on any atom is -0.491 e. The summed E-state index contributed by atoms with van der Waals surface area (Å²) in [5.41, 5.74) is 1.90. The van der Waals surface area contributed by atoms with Crippen LogP contribution in [0, 0.1) is 34.9 Å². The van der Waals surface area contributed by atoms with Crippen molar-refractivity contribution >= 4 is 5.57 Å². The molecular formula is C38H40F6O2. The molecule has 0 heterocycles. The molecule has 246 valence electrons. The van der Waals surface area contributed by atoms with Gasteiger partial charge in [-0.05, 0) is 118 Å². The molecule has 0 saturated heterocycles. The summed E-state index contributed by atoms with van der Waals surface area (Å²) in [5.74, 6) is -6.00. The molecule has 2 nitrogen and oxygen atoms in total. The Bertz CT molecular complexity index is 1590. The predicted molar refractivity (Wildman–Crippen MR) is 168 cm³/mol. The summed E-state index contributed by atoms with van der Waals surface area (Å²) >= 11 is 0. The van der Waals surface area contributed by atoms with Gasteiger partial charge in [0.2, 0.25) is 5.82 Å². The number of allylic oxidation sites excluding steroid dienone is 4. The Labute approximate surface area is 267 Å². The van der Waals surface area contributed by atoms with Gasteiger partial charge >= 0.3 is 0 Å². The number of hydrogen-bond donors (Lipinski definition) is 0. The molecule has 1 fully saturated rings. The van der Waals surface area contributed by atoms with Gasteiger partial charge in [-0.1, -0.05) is 42.5 Å². The van der Waals surface area contributed by atoms with Crippen molar-refractivity contribution in [2.24, 2.45) is 0 Å². The first-order chi connectivity index (χ1) is 22.2. The van der Waals surface area contributed by atoms with Crippen LogP contribution < -0.4 is 4.74 Å². The molecule has 46 heavy (non-hydrogen) atoms. The van der Waals surface area contributed by atoms with Crippen LogP contribution in [0.25, 0.3) is 5.57 Å². The van der Waals surface area contributed by atoms with Gasteiger partial charge in [-0.25, -0.2) is 22.0 Å². The molecule has 0 aliphatic heterocycles. The fraction of sp³-hybridized carbons (Fsp3) is 0.421. The van der Waals surface area contributed by atoms with Gasteiger partial charge in [0.1, 0.15) is 0 Å². The van der Waals surface area contributed by atoms with Crippen molar-refractivity contribution in [1.82, 2.24) is 0 Å². The SMILES string of the molecule is CC=CCCc1ccc(C2CCC(OCc3ccc(C4CC=C(c5ccc(OCC)c(F)c5F)CC4)c(F)c3F)CC2)c(F)c1F. The number of benzene rings is 3. The minimum atomic E-state index is -1.04. The molecule has 0 radical (unpaired) electrons. The summed E-state index contributed by atoms with van der Waals surface area (Å²) in [4.78, 5) is 0. The lowest BCUT2D eigenvalue weighted by Gasteiger charge is -2.29. The predicted octanol–water partition coefficient (Wildman–Crippen LogP) is 11.0.